The summed E-state index contributed by atoms with van der Waals surface area (Å²) in [5.74, 6) is -0.288. The third kappa shape index (κ3) is 4.29. The second-order valence-electron chi connectivity index (χ2n) is 6.10. The van der Waals surface area contributed by atoms with Gasteiger partial charge in [0.15, 0.2) is 0 Å². The van der Waals surface area contributed by atoms with Crippen molar-refractivity contribution in [2.45, 2.75) is 30.6 Å². The predicted octanol–water partition coefficient (Wildman–Crippen LogP) is 2.09. The van der Waals surface area contributed by atoms with Crippen molar-refractivity contribution in [1.82, 2.24) is 9.21 Å². The van der Waals surface area contributed by atoms with E-state index in [0.29, 0.717) is 38.3 Å². The molecule has 5 nitrogen and oxygen atoms in total. The Balaban J connectivity index is 1.94. The van der Waals surface area contributed by atoms with Gasteiger partial charge in [-0.3, -0.25) is 4.79 Å². The minimum absolute atomic E-state index is 0.0893. The molecule has 1 aromatic carbocycles. The zero-order valence-electron chi connectivity index (χ0n) is 13.5. The highest BCUT2D eigenvalue weighted by Gasteiger charge is 2.31. The summed E-state index contributed by atoms with van der Waals surface area (Å²) in [6, 6.07) is 5.46. The lowest BCUT2D eigenvalue weighted by Gasteiger charge is -2.31. The molecule has 1 saturated heterocycles. The van der Waals surface area contributed by atoms with Crippen LogP contribution in [0.15, 0.2) is 29.2 Å². The normalized spacial score (nSPS) is 17.2. The number of hydrogen-bond donors (Lipinski definition) is 0. The molecule has 1 amide bonds. The Morgan fingerprint density at radius 1 is 1.26 bits per heavy atom. The number of halogens is 1. The summed E-state index contributed by atoms with van der Waals surface area (Å²) in [5.41, 5.74) is 0. The molecule has 1 aliphatic rings. The first-order valence-corrected chi connectivity index (χ1v) is 9.21. The van der Waals surface area contributed by atoms with Crippen LogP contribution in [0.4, 0.5) is 4.39 Å². The summed E-state index contributed by atoms with van der Waals surface area (Å²) in [6.07, 6.45) is 2.66. The molecule has 0 bridgehead atoms. The number of hydrogen-bond acceptors (Lipinski definition) is 3. The minimum atomic E-state index is -3.78. The number of rotatable bonds is 5. The summed E-state index contributed by atoms with van der Waals surface area (Å²) in [6.45, 7) is 0.745. The van der Waals surface area contributed by atoms with E-state index in [-0.39, 0.29) is 10.8 Å². The summed E-state index contributed by atoms with van der Waals surface area (Å²) in [5, 5.41) is 0. The Kier molecular flexibility index (Phi) is 5.75. The van der Waals surface area contributed by atoms with Crippen LogP contribution in [0.1, 0.15) is 25.7 Å². The van der Waals surface area contributed by atoms with Crippen molar-refractivity contribution in [1.29, 1.82) is 0 Å². The zero-order chi connectivity index (χ0) is 17.0. The van der Waals surface area contributed by atoms with Gasteiger partial charge in [-0.15, -0.1) is 0 Å². The smallest absolute Gasteiger partial charge is 0.245 e. The summed E-state index contributed by atoms with van der Waals surface area (Å²) in [7, 11) is -0.321. The maximum atomic E-state index is 13.8. The highest BCUT2D eigenvalue weighted by molar-refractivity contribution is 7.89. The van der Waals surface area contributed by atoms with Crippen LogP contribution in [0.25, 0.3) is 0 Å². The molecule has 1 heterocycles. The Labute approximate surface area is 137 Å². The minimum Gasteiger partial charge on any atom is -0.349 e. The first-order valence-electron chi connectivity index (χ1n) is 7.77. The van der Waals surface area contributed by atoms with E-state index < -0.39 is 15.8 Å². The van der Waals surface area contributed by atoms with Crippen molar-refractivity contribution in [2.24, 2.45) is 5.92 Å². The first kappa shape index (κ1) is 17.9. The SMILES string of the molecule is CN(C)C(=O)CCC1CCN(S(=O)(=O)c2ccccc2F)CC1. The molecule has 0 unspecified atom stereocenters. The van der Waals surface area contributed by atoms with E-state index in [1.807, 2.05) is 0 Å². The van der Waals surface area contributed by atoms with Crippen molar-refractivity contribution in [3.05, 3.63) is 30.1 Å². The molecule has 0 radical (unpaired) electrons. The summed E-state index contributed by atoms with van der Waals surface area (Å²) >= 11 is 0. The van der Waals surface area contributed by atoms with E-state index in [1.54, 1.807) is 19.0 Å². The van der Waals surface area contributed by atoms with E-state index in [4.69, 9.17) is 0 Å². The van der Waals surface area contributed by atoms with Crippen LogP contribution in [-0.4, -0.2) is 50.7 Å². The lowest BCUT2D eigenvalue weighted by Crippen LogP contribution is -2.39. The fourth-order valence-electron chi connectivity index (χ4n) is 2.78. The highest BCUT2D eigenvalue weighted by atomic mass is 32.2. The molecule has 0 spiro atoms. The van der Waals surface area contributed by atoms with Gasteiger partial charge in [-0.25, -0.2) is 12.8 Å². The van der Waals surface area contributed by atoms with Crippen molar-refractivity contribution in [2.75, 3.05) is 27.2 Å². The van der Waals surface area contributed by atoms with Crippen molar-refractivity contribution >= 4 is 15.9 Å². The fourth-order valence-corrected chi connectivity index (χ4v) is 4.32. The monoisotopic (exact) mass is 342 g/mol. The molecule has 1 fully saturated rings. The van der Waals surface area contributed by atoms with Gasteiger partial charge in [-0.05, 0) is 37.3 Å². The van der Waals surface area contributed by atoms with Crippen LogP contribution < -0.4 is 0 Å². The largest absolute Gasteiger partial charge is 0.349 e. The number of amides is 1. The average molecular weight is 342 g/mol. The summed E-state index contributed by atoms with van der Waals surface area (Å²) in [4.78, 5) is 12.9. The van der Waals surface area contributed by atoms with Crippen LogP contribution in [0.3, 0.4) is 0 Å². The van der Waals surface area contributed by atoms with E-state index >= 15 is 0 Å². The highest BCUT2D eigenvalue weighted by Crippen LogP contribution is 2.27. The maximum Gasteiger partial charge on any atom is 0.245 e. The van der Waals surface area contributed by atoms with Gasteiger partial charge in [0.1, 0.15) is 10.7 Å². The van der Waals surface area contributed by atoms with Crippen molar-refractivity contribution in [3.63, 3.8) is 0 Å². The number of piperidine rings is 1. The predicted molar refractivity (Wildman–Crippen MR) is 85.8 cm³/mol. The second-order valence-corrected chi connectivity index (χ2v) is 8.01. The van der Waals surface area contributed by atoms with Crippen LogP contribution in [0.5, 0.6) is 0 Å². The van der Waals surface area contributed by atoms with Gasteiger partial charge in [0.2, 0.25) is 15.9 Å². The van der Waals surface area contributed by atoms with Crippen LogP contribution >= 0.6 is 0 Å². The topological polar surface area (TPSA) is 57.7 Å². The number of nitrogens with zero attached hydrogens (tertiary/aromatic N) is 2. The second kappa shape index (κ2) is 7.40. The summed E-state index contributed by atoms with van der Waals surface area (Å²) < 4.78 is 40.1. The maximum absolute atomic E-state index is 13.8. The lowest BCUT2D eigenvalue weighted by molar-refractivity contribution is -0.129. The number of sulfonamides is 1. The molecular formula is C16H23FN2O3S. The van der Waals surface area contributed by atoms with Gasteiger partial charge in [0.25, 0.3) is 0 Å². The van der Waals surface area contributed by atoms with Gasteiger partial charge < -0.3 is 4.90 Å². The first-order chi connectivity index (χ1) is 10.8. The third-order valence-electron chi connectivity index (χ3n) is 4.29. The number of carbonyl (C=O) groups is 1. The molecule has 0 aromatic heterocycles. The average Bonchev–Trinajstić information content (AvgIpc) is 2.53. The van der Waals surface area contributed by atoms with Crippen LogP contribution in [0, 0.1) is 11.7 Å². The number of carbonyl (C=O) groups excluding carboxylic acids is 1. The van der Waals surface area contributed by atoms with E-state index in [2.05, 4.69) is 0 Å². The van der Waals surface area contributed by atoms with E-state index in [1.165, 1.54) is 22.5 Å². The third-order valence-corrected chi connectivity index (χ3v) is 6.23. The molecule has 0 atom stereocenters. The Morgan fingerprint density at radius 2 is 1.87 bits per heavy atom. The van der Waals surface area contributed by atoms with E-state index in [0.717, 1.165) is 12.5 Å². The molecular weight excluding hydrogens is 319 g/mol. The fraction of sp³-hybridized carbons (Fsp3) is 0.562. The standard InChI is InChI=1S/C16H23FN2O3S/c1-18(2)16(20)8-7-13-9-11-19(12-10-13)23(21,22)15-6-4-3-5-14(15)17/h3-6,13H,7-12H2,1-2H3. The Hall–Kier alpha value is -1.47. The lowest BCUT2D eigenvalue weighted by atomic mass is 9.93. The Bertz CT molecular complexity index is 653. The molecule has 0 aliphatic carbocycles. The molecule has 7 heteroatoms. The molecule has 1 aromatic rings. The molecule has 1 aliphatic heterocycles. The van der Waals surface area contributed by atoms with Crippen LogP contribution in [-0.2, 0) is 14.8 Å². The quantitative estimate of drug-likeness (QED) is 0.823. The number of benzene rings is 1. The van der Waals surface area contributed by atoms with Crippen LogP contribution in [0.2, 0.25) is 0 Å². The van der Waals surface area contributed by atoms with Gasteiger partial charge >= 0.3 is 0 Å². The molecule has 0 saturated carbocycles. The zero-order valence-corrected chi connectivity index (χ0v) is 14.4. The molecule has 128 valence electrons. The Morgan fingerprint density at radius 3 is 2.43 bits per heavy atom. The van der Waals surface area contributed by atoms with Gasteiger partial charge in [0.05, 0.1) is 0 Å². The van der Waals surface area contributed by atoms with Gasteiger partial charge in [-0.1, -0.05) is 12.1 Å². The van der Waals surface area contributed by atoms with E-state index in [9.17, 15) is 17.6 Å². The molecule has 23 heavy (non-hydrogen) atoms. The molecule has 0 N–H and O–H groups in total. The van der Waals surface area contributed by atoms with Gasteiger partial charge in [0, 0.05) is 33.6 Å². The van der Waals surface area contributed by atoms with Gasteiger partial charge in [-0.2, -0.15) is 4.31 Å². The van der Waals surface area contributed by atoms with Crippen molar-refractivity contribution in [3.8, 4) is 0 Å². The van der Waals surface area contributed by atoms with Crippen molar-refractivity contribution < 1.29 is 17.6 Å². The molecule has 2 rings (SSSR count).